The van der Waals surface area contributed by atoms with Gasteiger partial charge >= 0.3 is 5.69 Å². The van der Waals surface area contributed by atoms with Crippen LogP contribution in [0.4, 0.5) is 0 Å². The van der Waals surface area contributed by atoms with Gasteiger partial charge in [0.25, 0.3) is 11.1 Å². The van der Waals surface area contributed by atoms with E-state index in [-0.39, 0.29) is 34.9 Å². The van der Waals surface area contributed by atoms with Gasteiger partial charge in [0.2, 0.25) is 11.7 Å². The number of aromatic hydroxyl groups is 1. The fraction of sp³-hybridized carbons (Fsp3) is 0.300. The molecule has 0 unspecified atom stereocenters. The molecular weight excluding hydrogens is 410 g/mol. The zero-order chi connectivity index (χ0) is 21.7. The average Bonchev–Trinajstić information content (AvgIpc) is 3.13. The third-order valence-corrected chi connectivity index (χ3v) is 5.47. The summed E-state index contributed by atoms with van der Waals surface area (Å²) < 4.78 is 4.83. The highest BCUT2D eigenvalue weighted by Crippen LogP contribution is 2.23. The van der Waals surface area contributed by atoms with Crippen molar-refractivity contribution in [1.82, 2.24) is 23.1 Å². The highest BCUT2D eigenvalue weighted by Gasteiger charge is 2.24. The molecule has 0 aliphatic heterocycles. The van der Waals surface area contributed by atoms with Crippen molar-refractivity contribution < 1.29 is 5.11 Å². The Balaban J connectivity index is 2.17. The fourth-order valence-electron chi connectivity index (χ4n) is 3.63. The van der Waals surface area contributed by atoms with Crippen LogP contribution in [0.2, 0.25) is 5.02 Å². The van der Waals surface area contributed by atoms with Crippen LogP contribution in [0, 0.1) is 0 Å². The number of imidazole rings is 1. The van der Waals surface area contributed by atoms with Gasteiger partial charge in [-0.15, -0.1) is 0 Å². The molecule has 0 spiro atoms. The van der Waals surface area contributed by atoms with Crippen molar-refractivity contribution in [1.29, 1.82) is 0 Å². The van der Waals surface area contributed by atoms with Crippen molar-refractivity contribution in [3.63, 3.8) is 0 Å². The number of benzene rings is 1. The van der Waals surface area contributed by atoms with Crippen LogP contribution in [0.15, 0.2) is 38.6 Å². The van der Waals surface area contributed by atoms with Gasteiger partial charge in [0.15, 0.2) is 11.2 Å². The summed E-state index contributed by atoms with van der Waals surface area (Å²) in [4.78, 5) is 42.8. The number of nitrogens with zero attached hydrogens (tertiary/aromatic N) is 5. The van der Waals surface area contributed by atoms with Gasteiger partial charge in [-0.2, -0.15) is 4.98 Å². The molecule has 0 amide bonds. The van der Waals surface area contributed by atoms with Crippen LogP contribution in [0.1, 0.15) is 24.5 Å². The first-order valence-corrected chi connectivity index (χ1v) is 9.81. The minimum absolute atomic E-state index is 0.0364. The van der Waals surface area contributed by atoms with Gasteiger partial charge in [-0.3, -0.25) is 23.3 Å². The molecule has 1 aromatic carbocycles. The van der Waals surface area contributed by atoms with Crippen molar-refractivity contribution in [3.05, 3.63) is 71.6 Å². The molecule has 0 aliphatic carbocycles. The van der Waals surface area contributed by atoms with E-state index in [9.17, 15) is 19.5 Å². The molecule has 10 heteroatoms. The van der Waals surface area contributed by atoms with Gasteiger partial charge in [0, 0.05) is 19.1 Å². The molecule has 0 radical (unpaired) electrons. The number of fused-ring (bicyclic) bond motifs is 3. The number of aromatic nitrogens is 5. The Morgan fingerprint density at radius 1 is 1.03 bits per heavy atom. The van der Waals surface area contributed by atoms with E-state index in [1.165, 1.54) is 27.6 Å². The van der Waals surface area contributed by atoms with Gasteiger partial charge in [0.1, 0.15) is 0 Å². The van der Waals surface area contributed by atoms with E-state index in [0.717, 1.165) is 10.1 Å². The fourth-order valence-corrected chi connectivity index (χ4v) is 3.76. The zero-order valence-electron chi connectivity index (χ0n) is 16.7. The average molecular weight is 430 g/mol. The Labute approximate surface area is 175 Å². The summed E-state index contributed by atoms with van der Waals surface area (Å²) in [6, 6.07) is 7.01. The number of halogens is 1. The second-order valence-corrected chi connectivity index (χ2v) is 7.63. The number of hydrogen-bond acceptors (Lipinski definition) is 5. The maximum absolute atomic E-state index is 13.2. The third kappa shape index (κ3) is 2.85. The van der Waals surface area contributed by atoms with Crippen LogP contribution in [0.5, 0.6) is 5.88 Å². The highest BCUT2D eigenvalue weighted by atomic mass is 35.5. The quantitative estimate of drug-likeness (QED) is 0.528. The first-order chi connectivity index (χ1) is 14.3. The van der Waals surface area contributed by atoms with E-state index in [2.05, 4.69) is 4.98 Å². The summed E-state index contributed by atoms with van der Waals surface area (Å²) in [5.74, 6) is -0.247. The molecular formula is C20H20ClN5O4. The van der Waals surface area contributed by atoms with E-state index >= 15 is 0 Å². The number of rotatable bonds is 4. The lowest BCUT2D eigenvalue weighted by molar-refractivity contribution is 0.433. The van der Waals surface area contributed by atoms with Crippen molar-refractivity contribution in [3.8, 4) is 5.88 Å². The summed E-state index contributed by atoms with van der Waals surface area (Å²) in [6.45, 7) is 2.05. The Morgan fingerprint density at radius 3 is 2.33 bits per heavy atom. The molecule has 3 aromatic heterocycles. The molecule has 4 rings (SSSR count). The van der Waals surface area contributed by atoms with Crippen LogP contribution in [0.3, 0.4) is 0 Å². The van der Waals surface area contributed by atoms with E-state index in [0.29, 0.717) is 17.9 Å². The summed E-state index contributed by atoms with van der Waals surface area (Å²) in [5, 5.41) is 11.5. The molecule has 156 valence electrons. The van der Waals surface area contributed by atoms with Crippen molar-refractivity contribution in [2.45, 2.75) is 26.3 Å². The van der Waals surface area contributed by atoms with Crippen molar-refractivity contribution in [2.24, 2.45) is 14.1 Å². The van der Waals surface area contributed by atoms with Gasteiger partial charge < -0.3 is 5.11 Å². The molecule has 0 saturated carbocycles. The molecule has 0 bridgehead atoms. The van der Waals surface area contributed by atoms with Crippen LogP contribution < -0.4 is 16.8 Å². The topological polar surface area (TPSA) is 104 Å². The number of aryl methyl sites for hydroxylation is 1. The zero-order valence-corrected chi connectivity index (χ0v) is 17.5. The van der Waals surface area contributed by atoms with Gasteiger partial charge in [-0.05, 0) is 24.1 Å². The minimum Gasteiger partial charge on any atom is -0.494 e. The number of hydrogen-bond donors (Lipinski definition) is 1. The van der Waals surface area contributed by atoms with E-state index < -0.39 is 16.8 Å². The Kier molecular flexibility index (Phi) is 4.77. The van der Waals surface area contributed by atoms with Gasteiger partial charge in [-0.25, -0.2) is 9.20 Å². The largest absolute Gasteiger partial charge is 0.494 e. The predicted molar refractivity (Wildman–Crippen MR) is 114 cm³/mol. The maximum atomic E-state index is 13.2. The minimum atomic E-state index is -0.602. The van der Waals surface area contributed by atoms with E-state index in [1.807, 2.05) is 6.92 Å². The monoisotopic (exact) mass is 429 g/mol. The molecule has 0 saturated heterocycles. The second kappa shape index (κ2) is 7.17. The molecule has 9 nitrogen and oxygen atoms in total. The van der Waals surface area contributed by atoms with Crippen LogP contribution >= 0.6 is 11.6 Å². The molecule has 30 heavy (non-hydrogen) atoms. The summed E-state index contributed by atoms with van der Waals surface area (Å²) in [7, 11) is 2.85. The Bertz CT molecular complexity index is 1470. The van der Waals surface area contributed by atoms with Gasteiger partial charge in [-0.1, -0.05) is 37.1 Å². The van der Waals surface area contributed by atoms with Crippen LogP contribution in [-0.2, 0) is 27.1 Å². The van der Waals surface area contributed by atoms with Crippen LogP contribution in [-0.4, -0.2) is 28.2 Å². The van der Waals surface area contributed by atoms with E-state index in [1.54, 1.807) is 24.3 Å². The highest BCUT2D eigenvalue weighted by molar-refractivity contribution is 6.30. The SMILES string of the molecule is CCCc1c(O)n2c3c(=O)n(C)c(=O)n(C)c3nc2n(Cc2ccc(Cl)cc2)c1=O. The maximum Gasteiger partial charge on any atom is 0.332 e. The lowest BCUT2D eigenvalue weighted by Gasteiger charge is -2.13. The third-order valence-electron chi connectivity index (χ3n) is 5.22. The standard InChI is InChI=1S/C20H20ClN5O4/c1-4-5-13-16(27)25(10-11-6-8-12(21)9-7-11)19-22-15-14(26(19)17(13)28)18(29)24(3)20(30)23(15)2/h6-9,28H,4-5,10H2,1-3H3. The molecule has 0 fully saturated rings. The molecule has 3 heterocycles. The first kappa shape index (κ1) is 20.0. The molecule has 0 aliphatic rings. The second-order valence-electron chi connectivity index (χ2n) is 7.20. The lowest BCUT2D eigenvalue weighted by Crippen LogP contribution is -2.37. The van der Waals surface area contributed by atoms with E-state index in [4.69, 9.17) is 11.6 Å². The molecule has 4 aromatic rings. The predicted octanol–water partition coefficient (Wildman–Crippen LogP) is 1.41. The first-order valence-electron chi connectivity index (χ1n) is 9.43. The Hall–Kier alpha value is -3.33. The van der Waals surface area contributed by atoms with Crippen molar-refractivity contribution >= 4 is 28.5 Å². The van der Waals surface area contributed by atoms with Crippen LogP contribution in [0.25, 0.3) is 16.9 Å². The normalized spacial score (nSPS) is 11.6. The summed E-state index contributed by atoms with van der Waals surface area (Å²) in [6.07, 6.45) is 0.950. The Morgan fingerprint density at radius 2 is 1.70 bits per heavy atom. The lowest BCUT2D eigenvalue weighted by atomic mass is 10.1. The smallest absolute Gasteiger partial charge is 0.332 e. The van der Waals surface area contributed by atoms with Crippen molar-refractivity contribution in [2.75, 3.05) is 0 Å². The molecule has 0 atom stereocenters. The molecule has 1 N–H and O–H groups in total. The van der Waals surface area contributed by atoms with Gasteiger partial charge in [0.05, 0.1) is 12.1 Å². The summed E-state index contributed by atoms with van der Waals surface area (Å²) >= 11 is 5.96. The summed E-state index contributed by atoms with van der Waals surface area (Å²) in [5.41, 5.74) is -0.426.